The lowest BCUT2D eigenvalue weighted by molar-refractivity contribution is 0.306. The molecule has 33 heavy (non-hydrogen) atoms. The van der Waals surface area contributed by atoms with E-state index < -0.39 is 0 Å². The molecule has 0 saturated heterocycles. The number of hydrogen-bond acceptors (Lipinski definition) is 2. The van der Waals surface area contributed by atoms with E-state index in [1.165, 1.54) is 0 Å². The average Bonchev–Trinajstić information content (AvgIpc) is 3.30. The summed E-state index contributed by atoms with van der Waals surface area (Å²) in [6.45, 7) is 0.555. The number of aromatic amines is 1. The zero-order valence-corrected chi connectivity index (χ0v) is 19.1. The van der Waals surface area contributed by atoms with E-state index in [1.807, 2.05) is 48.6 Å². The molecule has 0 spiro atoms. The molecule has 0 bridgehead atoms. The van der Waals surface area contributed by atoms with Gasteiger partial charge in [0.2, 0.25) is 0 Å². The predicted octanol–water partition coefficient (Wildman–Crippen LogP) is 8.29. The Bertz CT molecular complexity index is 1440. The molecule has 0 aliphatic carbocycles. The second-order valence-corrected chi connectivity index (χ2v) is 8.53. The lowest BCUT2D eigenvalue weighted by Crippen LogP contribution is -1.94. The van der Waals surface area contributed by atoms with Crippen molar-refractivity contribution in [3.63, 3.8) is 0 Å². The average molecular weight is 471 g/mol. The number of H-pyrrole nitrogens is 1. The van der Waals surface area contributed by atoms with Crippen LogP contribution in [0.1, 0.15) is 17.0 Å². The normalized spacial score (nSPS) is 11.3. The second-order valence-electron chi connectivity index (χ2n) is 7.68. The van der Waals surface area contributed by atoms with E-state index in [-0.39, 0.29) is 0 Å². The predicted molar refractivity (Wildman–Crippen MR) is 138 cm³/mol. The minimum atomic E-state index is 0.555. The molecule has 5 heteroatoms. The number of fused-ring (bicyclic) bond motifs is 1. The van der Waals surface area contributed by atoms with Crippen LogP contribution in [0.25, 0.3) is 34.2 Å². The Balaban J connectivity index is 1.29. The molecule has 0 aliphatic rings. The summed E-state index contributed by atoms with van der Waals surface area (Å²) in [5, 5.41) is 3.48. The molecular formula is C28H20Cl2N2O. The largest absolute Gasteiger partial charge is 0.489 e. The Kier molecular flexibility index (Phi) is 6.16. The SMILES string of the molecule is Clc1ccc(-c2cnc(C=Cc3ccc4cc(OCc5ccccc5)ccc4c3)[nH]2)c(Cl)c1. The van der Waals surface area contributed by atoms with Crippen molar-refractivity contribution in [1.82, 2.24) is 9.97 Å². The smallest absolute Gasteiger partial charge is 0.130 e. The van der Waals surface area contributed by atoms with E-state index >= 15 is 0 Å². The van der Waals surface area contributed by atoms with Crippen molar-refractivity contribution in [3.8, 4) is 17.0 Å². The van der Waals surface area contributed by atoms with Crippen LogP contribution in [0.15, 0.2) is 91.1 Å². The fourth-order valence-electron chi connectivity index (χ4n) is 3.62. The number of halogens is 2. The van der Waals surface area contributed by atoms with Crippen molar-refractivity contribution < 1.29 is 4.74 Å². The van der Waals surface area contributed by atoms with Crippen molar-refractivity contribution >= 4 is 46.1 Å². The highest BCUT2D eigenvalue weighted by Gasteiger charge is 2.07. The number of aromatic nitrogens is 2. The van der Waals surface area contributed by atoms with Crippen molar-refractivity contribution in [3.05, 3.63) is 118 Å². The Morgan fingerprint density at radius 2 is 1.64 bits per heavy atom. The van der Waals surface area contributed by atoms with Crippen LogP contribution in [0.2, 0.25) is 10.0 Å². The molecule has 0 aliphatic heterocycles. The van der Waals surface area contributed by atoms with Crippen LogP contribution >= 0.6 is 23.2 Å². The van der Waals surface area contributed by atoms with Gasteiger partial charge in [0.05, 0.1) is 16.9 Å². The van der Waals surface area contributed by atoms with Crippen molar-refractivity contribution in [1.29, 1.82) is 0 Å². The van der Waals surface area contributed by atoms with Crippen molar-refractivity contribution in [2.24, 2.45) is 0 Å². The first kappa shape index (κ1) is 21.3. The fraction of sp³-hybridized carbons (Fsp3) is 0.0357. The Hall–Kier alpha value is -3.53. The van der Waals surface area contributed by atoms with Crippen LogP contribution in [0.4, 0.5) is 0 Å². The van der Waals surface area contributed by atoms with Gasteiger partial charge in [0.1, 0.15) is 18.2 Å². The maximum absolute atomic E-state index is 6.30. The fourth-order valence-corrected chi connectivity index (χ4v) is 4.13. The van der Waals surface area contributed by atoms with Gasteiger partial charge < -0.3 is 9.72 Å². The maximum Gasteiger partial charge on any atom is 0.130 e. The lowest BCUT2D eigenvalue weighted by atomic mass is 10.1. The summed E-state index contributed by atoms with van der Waals surface area (Å²) in [6, 6.07) is 28.1. The molecule has 0 saturated carbocycles. The monoisotopic (exact) mass is 470 g/mol. The van der Waals surface area contributed by atoms with E-state index in [0.717, 1.165) is 44.7 Å². The topological polar surface area (TPSA) is 37.9 Å². The highest BCUT2D eigenvalue weighted by Crippen LogP contribution is 2.29. The highest BCUT2D eigenvalue weighted by atomic mass is 35.5. The molecule has 0 amide bonds. The zero-order chi connectivity index (χ0) is 22.6. The van der Waals surface area contributed by atoms with Gasteiger partial charge in [-0.25, -0.2) is 4.98 Å². The molecule has 1 heterocycles. The molecule has 0 radical (unpaired) electrons. The molecule has 0 unspecified atom stereocenters. The highest BCUT2D eigenvalue weighted by molar-refractivity contribution is 6.36. The Labute approximate surface area is 202 Å². The van der Waals surface area contributed by atoms with Crippen molar-refractivity contribution in [2.75, 3.05) is 0 Å². The molecule has 3 nitrogen and oxygen atoms in total. The third kappa shape index (κ3) is 5.11. The summed E-state index contributed by atoms with van der Waals surface area (Å²) in [4.78, 5) is 7.73. The molecule has 4 aromatic carbocycles. The molecule has 5 rings (SSSR count). The second kappa shape index (κ2) is 9.53. The lowest BCUT2D eigenvalue weighted by Gasteiger charge is -2.08. The zero-order valence-electron chi connectivity index (χ0n) is 17.6. The number of ether oxygens (including phenoxy) is 1. The third-order valence-electron chi connectivity index (χ3n) is 5.33. The van der Waals surface area contributed by atoms with Gasteiger partial charge in [-0.3, -0.25) is 0 Å². The first-order valence-electron chi connectivity index (χ1n) is 10.5. The summed E-state index contributed by atoms with van der Waals surface area (Å²) >= 11 is 12.3. The Morgan fingerprint density at radius 3 is 2.48 bits per heavy atom. The van der Waals surface area contributed by atoms with Gasteiger partial charge in [0.25, 0.3) is 0 Å². The molecule has 5 aromatic rings. The summed E-state index contributed by atoms with van der Waals surface area (Å²) in [7, 11) is 0. The number of imidazole rings is 1. The summed E-state index contributed by atoms with van der Waals surface area (Å²) in [5.74, 6) is 1.61. The van der Waals surface area contributed by atoms with Gasteiger partial charge in [-0.15, -0.1) is 0 Å². The summed E-state index contributed by atoms with van der Waals surface area (Å²) < 4.78 is 5.95. The van der Waals surface area contributed by atoms with Crippen LogP contribution in [0.3, 0.4) is 0 Å². The first-order chi connectivity index (χ1) is 16.1. The number of rotatable bonds is 6. The summed E-state index contributed by atoms with van der Waals surface area (Å²) in [6.07, 6.45) is 5.75. The molecule has 0 fully saturated rings. The number of nitrogens with one attached hydrogen (secondary N) is 1. The number of hydrogen-bond donors (Lipinski definition) is 1. The van der Waals surface area contributed by atoms with Gasteiger partial charge >= 0.3 is 0 Å². The van der Waals surface area contributed by atoms with Crippen LogP contribution in [-0.4, -0.2) is 9.97 Å². The van der Waals surface area contributed by atoms with E-state index in [9.17, 15) is 0 Å². The summed E-state index contributed by atoms with van der Waals surface area (Å²) in [5.41, 5.74) is 3.95. The number of nitrogens with zero attached hydrogens (tertiary/aromatic N) is 1. The molecule has 162 valence electrons. The quantitative estimate of drug-likeness (QED) is 0.271. The van der Waals surface area contributed by atoms with E-state index in [2.05, 4.69) is 52.4 Å². The third-order valence-corrected chi connectivity index (χ3v) is 5.88. The van der Waals surface area contributed by atoms with Gasteiger partial charge in [-0.1, -0.05) is 77.8 Å². The van der Waals surface area contributed by atoms with Crippen molar-refractivity contribution in [2.45, 2.75) is 6.61 Å². The van der Waals surface area contributed by atoms with Gasteiger partial charge in [0, 0.05) is 10.6 Å². The Morgan fingerprint density at radius 1 is 0.818 bits per heavy atom. The van der Waals surface area contributed by atoms with Crippen LogP contribution in [0, 0.1) is 0 Å². The van der Waals surface area contributed by atoms with E-state index in [1.54, 1.807) is 12.3 Å². The maximum atomic E-state index is 6.30. The minimum Gasteiger partial charge on any atom is -0.489 e. The van der Waals surface area contributed by atoms with Gasteiger partial charge in [0.15, 0.2) is 0 Å². The minimum absolute atomic E-state index is 0.555. The van der Waals surface area contributed by atoms with Gasteiger partial charge in [-0.2, -0.15) is 0 Å². The van der Waals surface area contributed by atoms with Gasteiger partial charge in [-0.05, 0) is 64.4 Å². The molecular weight excluding hydrogens is 451 g/mol. The van der Waals surface area contributed by atoms with Crippen LogP contribution < -0.4 is 4.74 Å². The molecule has 1 N–H and O–H groups in total. The molecule has 1 aromatic heterocycles. The van der Waals surface area contributed by atoms with Crippen LogP contribution in [-0.2, 0) is 6.61 Å². The standard InChI is InChI=1S/C28H20Cl2N2O/c29-23-10-12-25(26(30)16-23)27-17-31-28(32-27)13-7-19-6-8-22-15-24(11-9-21(22)14-19)33-18-20-4-2-1-3-5-20/h1-17H,18H2,(H,31,32). The van der Waals surface area contributed by atoms with Crippen LogP contribution in [0.5, 0.6) is 5.75 Å². The molecule has 0 atom stereocenters. The van der Waals surface area contributed by atoms with E-state index in [0.29, 0.717) is 16.7 Å². The number of benzene rings is 4. The van der Waals surface area contributed by atoms with E-state index in [4.69, 9.17) is 27.9 Å². The first-order valence-corrected chi connectivity index (χ1v) is 11.3.